The molecule has 0 aliphatic rings. The van der Waals surface area contributed by atoms with E-state index in [-0.39, 0.29) is 10.8 Å². The van der Waals surface area contributed by atoms with Crippen LogP contribution in [0.3, 0.4) is 0 Å². The van der Waals surface area contributed by atoms with Crippen molar-refractivity contribution in [3.8, 4) is 11.3 Å². The molecule has 3 aromatic rings. The molecule has 27 heavy (non-hydrogen) atoms. The van der Waals surface area contributed by atoms with Crippen LogP contribution in [0.25, 0.3) is 11.3 Å². The Morgan fingerprint density at radius 1 is 1.07 bits per heavy atom. The topological polar surface area (TPSA) is 101 Å². The fourth-order valence-electron chi connectivity index (χ4n) is 2.78. The molecule has 9 heteroatoms. The van der Waals surface area contributed by atoms with E-state index in [1.165, 1.54) is 18.3 Å². The van der Waals surface area contributed by atoms with E-state index in [9.17, 15) is 13.2 Å². The fourth-order valence-corrected chi connectivity index (χ4v) is 5.71. The molecule has 0 saturated carbocycles. The second kappa shape index (κ2) is 7.16. The number of anilines is 2. The highest BCUT2D eigenvalue weighted by molar-refractivity contribution is 7.93. The van der Waals surface area contributed by atoms with Crippen molar-refractivity contribution in [2.24, 2.45) is 0 Å². The first-order valence-corrected chi connectivity index (χ1v) is 10.4. The SMILES string of the molecule is CC(=O)Nc1ccc(NS(=O)(=O)c2c(C)sc(C)c2-c2cc(C)no2)cc1. The Hall–Kier alpha value is -2.65. The Kier molecular flexibility index (Phi) is 5.07. The van der Waals surface area contributed by atoms with E-state index in [4.69, 9.17) is 4.52 Å². The van der Waals surface area contributed by atoms with Crippen molar-refractivity contribution in [3.05, 3.63) is 45.8 Å². The standard InChI is InChI=1S/C18H19N3O4S2/c1-10-9-16(25-20-10)17-11(2)26-12(3)18(17)27(23,24)21-15-7-5-14(6-8-15)19-13(4)22/h5-9,21H,1-4H3,(H,19,22). The van der Waals surface area contributed by atoms with Gasteiger partial charge in [-0.3, -0.25) is 9.52 Å². The number of carbonyl (C=O) groups excluding carboxylic acids is 1. The summed E-state index contributed by atoms with van der Waals surface area (Å²) in [5.74, 6) is 0.232. The van der Waals surface area contributed by atoms with Crippen LogP contribution >= 0.6 is 11.3 Å². The molecule has 2 heterocycles. The number of amides is 1. The van der Waals surface area contributed by atoms with Gasteiger partial charge in [-0.15, -0.1) is 11.3 Å². The van der Waals surface area contributed by atoms with Gasteiger partial charge in [-0.2, -0.15) is 0 Å². The minimum atomic E-state index is -3.84. The summed E-state index contributed by atoms with van der Waals surface area (Å²) < 4.78 is 34.0. The molecular weight excluding hydrogens is 386 g/mol. The largest absolute Gasteiger partial charge is 0.356 e. The van der Waals surface area contributed by atoms with Gasteiger partial charge in [-0.25, -0.2) is 8.42 Å². The second-order valence-electron chi connectivity index (χ2n) is 6.12. The van der Waals surface area contributed by atoms with Gasteiger partial charge < -0.3 is 9.84 Å². The Morgan fingerprint density at radius 3 is 2.26 bits per heavy atom. The molecule has 0 atom stereocenters. The van der Waals surface area contributed by atoms with Gasteiger partial charge in [0.25, 0.3) is 10.0 Å². The van der Waals surface area contributed by atoms with Crippen molar-refractivity contribution in [1.82, 2.24) is 5.16 Å². The van der Waals surface area contributed by atoms with Crippen LogP contribution in [0.5, 0.6) is 0 Å². The normalized spacial score (nSPS) is 11.4. The van der Waals surface area contributed by atoms with Crippen molar-refractivity contribution < 1.29 is 17.7 Å². The number of hydrogen-bond acceptors (Lipinski definition) is 6. The molecule has 1 amide bonds. The van der Waals surface area contributed by atoms with Crippen LogP contribution in [0.2, 0.25) is 0 Å². The molecule has 142 valence electrons. The molecule has 0 spiro atoms. The van der Waals surface area contributed by atoms with E-state index < -0.39 is 10.0 Å². The minimum Gasteiger partial charge on any atom is -0.356 e. The number of aryl methyl sites for hydroxylation is 3. The Bertz CT molecular complexity index is 1100. The summed E-state index contributed by atoms with van der Waals surface area (Å²) in [7, 11) is -3.84. The molecular formula is C18H19N3O4S2. The lowest BCUT2D eigenvalue weighted by atomic mass is 10.2. The Labute approximate surface area is 161 Å². The van der Waals surface area contributed by atoms with Crippen molar-refractivity contribution >= 4 is 38.6 Å². The summed E-state index contributed by atoms with van der Waals surface area (Å²) in [5, 5.41) is 6.50. The lowest BCUT2D eigenvalue weighted by Gasteiger charge is -2.10. The highest BCUT2D eigenvalue weighted by atomic mass is 32.2. The number of thiophene rings is 1. The van der Waals surface area contributed by atoms with Crippen molar-refractivity contribution in [2.75, 3.05) is 10.0 Å². The monoisotopic (exact) mass is 405 g/mol. The molecule has 0 aliphatic carbocycles. The van der Waals surface area contributed by atoms with Gasteiger partial charge in [0.2, 0.25) is 5.91 Å². The molecule has 2 N–H and O–H groups in total. The van der Waals surface area contributed by atoms with Gasteiger partial charge in [0, 0.05) is 34.1 Å². The molecule has 2 aromatic heterocycles. The van der Waals surface area contributed by atoms with E-state index in [1.807, 2.05) is 6.92 Å². The van der Waals surface area contributed by atoms with Crippen LogP contribution in [0, 0.1) is 20.8 Å². The molecule has 0 fully saturated rings. The quantitative estimate of drug-likeness (QED) is 0.666. The third-order valence-corrected chi connectivity index (χ3v) is 6.51. The average Bonchev–Trinajstić information content (AvgIpc) is 3.11. The van der Waals surface area contributed by atoms with E-state index in [0.29, 0.717) is 33.3 Å². The number of benzene rings is 1. The van der Waals surface area contributed by atoms with Gasteiger partial charge in [-0.1, -0.05) is 5.16 Å². The van der Waals surface area contributed by atoms with Gasteiger partial charge >= 0.3 is 0 Å². The summed E-state index contributed by atoms with van der Waals surface area (Å²) in [4.78, 5) is 12.8. The number of nitrogens with one attached hydrogen (secondary N) is 2. The Balaban J connectivity index is 1.97. The first-order chi connectivity index (χ1) is 12.7. The van der Waals surface area contributed by atoms with Gasteiger partial charge in [0.05, 0.1) is 11.3 Å². The first-order valence-electron chi connectivity index (χ1n) is 8.11. The number of rotatable bonds is 5. The third-order valence-electron chi connectivity index (χ3n) is 3.81. The third kappa shape index (κ3) is 4.04. The average molecular weight is 406 g/mol. The summed E-state index contributed by atoms with van der Waals surface area (Å²) in [6, 6.07) is 8.17. The van der Waals surface area contributed by atoms with E-state index in [2.05, 4.69) is 15.2 Å². The van der Waals surface area contributed by atoms with Crippen LogP contribution in [0.15, 0.2) is 39.8 Å². The number of nitrogens with zero attached hydrogens (tertiary/aromatic N) is 1. The lowest BCUT2D eigenvalue weighted by molar-refractivity contribution is -0.114. The van der Waals surface area contributed by atoms with Gasteiger partial charge in [0.1, 0.15) is 4.90 Å². The van der Waals surface area contributed by atoms with Gasteiger partial charge in [-0.05, 0) is 45.0 Å². The zero-order valence-electron chi connectivity index (χ0n) is 15.3. The maximum absolute atomic E-state index is 13.1. The van der Waals surface area contributed by atoms with Crippen LogP contribution in [0.4, 0.5) is 11.4 Å². The smallest absolute Gasteiger partial charge is 0.263 e. The predicted molar refractivity (Wildman–Crippen MR) is 106 cm³/mol. The maximum Gasteiger partial charge on any atom is 0.263 e. The molecule has 0 radical (unpaired) electrons. The summed E-state index contributed by atoms with van der Waals surface area (Å²) in [6.45, 7) is 6.81. The first kappa shape index (κ1) is 19.1. The Morgan fingerprint density at radius 2 is 1.70 bits per heavy atom. The van der Waals surface area contributed by atoms with Crippen molar-refractivity contribution in [3.63, 3.8) is 0 Å². The van der Waals surface area contributed by atoms with Crippen LogP contribution in [-0.4, -0.2) is 19.5 Å². The van der Waals surface area contributed by atoms with Crippen LogP contribution in [0.1, 0.15) is 22.4 Å². The lowest BCUT2D eigenvalue weighted by Crippen LogP contribution is -2.14. The number of hydrogen-bond donors (Lipinski definition) is 2. The minimum absolute atomic E-state index is 0.187. The second-order valence-corrected chi connectivity index (χ2v) is 9.16. The number of aromatic nitrogens is 1. The summed E-state index contributed by atoms with van der Waals surface area (Å²) in [5.41, 5.74) is 2.19. The molecule has 1 aromatic carbocycles. The van der Waals surface area contributed by atoms with Crippen LogP contribution in [-0.2, 0) is 14.8 Å². The predicted octanol–water partition coefficient (Wildman–Crippen LogP) is 4.09. The highest BCUT2D eigenvalue weighted by Crippen LogP contribution is 2.39. The molecule has 0 bridgehead atoms. The molecule has 3 rings (SSSR count). The van der Waals surface area contributed by atoms with Crippen molar-refractivity contribution in [1.29, 1.82) is 0 Å². The molecule has 7 nitrogen and oxygen atoms in total. The molecule has 0 saturated heterocycles. The summed E-state index contributed by atoms with van der Waals surface area (Å²) in [6.07, 6.45) is 0. The number of sulfonamides is 1. The highest BCUT2D eigenvalue weighted by Gasteiger charge is 2.28. The molecule has 0 aliphatic heterocycles. The zero-order valence-corrected chi connectivity index (χ0v) is 16.9. The van der Waals surface area contributed by atoms with E-state index in [1.54, 1.807) is 44.2 Å². The van der Waals surface area contributed by atoms with Gasteiger partial charge in [0.15, 0.2) is 5.76 Å². The van der Waals surface area contributed by atoms with E-state index in [0.717, 1.165) is 4.88 Å². The maximum atomic E-state index is 13.1. The summed E-state index contributed by atoms with van der Waals surface area (Å²) >= 11 is 1.39. The zero-order chi connectivity index (χ0) is 19.8. The fraction of sp³-hybridized carbons (Fsp3) is 0.222. The molecule has 0 unspecified atom stereocenters. The van der Waals surface area contributed by atoms with Crippen molar-refractivity contribution in [2.45, 2.75) is 32.6 Å². The van der Waals surface area contributed by atoms with E-state index >= 15 is 0 Å². The van der Waals surface area contributed by atoms with Crippen LogP contribution < -0.4 is 10.0 Å². The number of carbonyl (C=O) groups is 1.